The molecule has 20 heavy (non-hydrogen) atoms. The van der Waals surface area contributed by atoms with Crippen LogP contribution in [0.25, 0.3) is 0 Å². The molecule has 0 aliphatic carbocycles. The molecular weight excluding hydrogens is 320 g/mol. The fraction of sp³-hybridized carbons (Fsp3) is 0.286. The molecule has 0 aliphatic rings. The van der Waals surface area contributed by atoms with Crippen LogP contribution in [0.15, 0.2) is 22.7 Å². The first kappa shape index (κ1) is 14.7. The van der Waals surface area contributed by atoms with Gasteiger partial charge in [0.2, 0.25) is 5.88 Å². The van der Waals surface area contributed by atoms with Crippen LogP contribution in [0.5, 0.6) is 11.6 Å². The number of rotatable bonds is 4. The van der Waals surface area contributed by atoms with E-state index in [-0.39, 0.29) is 0 Å². The van der Waals surface area contributed by atoms with Crippen molar-refractivity contribution in [1.82, 2.24) is 9.97 Å². The fourth-order valence-corrected chi connectivity index (χ4v) is 2.31. The number of hydrazine groups is 1. The SMILES string of the molecule is CCc1nc(NN)c(C)c(Oc2ccc(C)cc2Br)n1. The molecule has 1 heterocycles. The Morgan fingerprint density at radius 3 is 2.65 bits per heavy atom. The zero-order valence-corrected chi connectivity index (χ0v) is 13.3. The third kappa shape index (κ3) is 3.08. The van der Waals surface area contributed by atoms with Crippen molar-refractivity contribution in [2.24, 2.45) is 5.84 Å². The van der Waals surface area contributed by atoms with Crippen molar-refractivity contribution in [2.75, 3.05) is 5.43 Å². The number of anilines is 1. The highest BCUT2D eigenvalue weighted by Crippen LogP contribution is 2.32. The van der Waals surface area contributed by atoms with Gasteiger partial charge in [0.1, 0.15) is 17.4 Å². The zero-order valence-electron chi connectivity index (χ0n) is 11.7. The number of nitrogens with two attached hydrogens (primary N) is 1. The number of hydrogen-bond acceptors (Lipinski definition) is 5. The van der Waals surface area contributed by atoms with Crippen LogP contribution in [0.4, 0.5) is 5.82 Å². The molecule has 2 rings (SSSR count). The standard InChI is InChI=1S/C14H17BrN4O/c1-4-12-17-13(19-16)9(3)14(18-12)20-11-6-5-8(2)7-10(11)15/h5-7H,4,16H2,1-3H3,(H,17,18,19). The Morgan fingerprint density at radius 2 is 2.05 bits per heavy atom. The molecule has 0 saturated heterocycles. The number of nitrogen functional groups attached to an aromatic ring is 1. The lowest BCUT2D eigenvalue weighted by Gasteiger charge is -2.13. The largest absolute Gasteiger partial charge is 0.437 e. The molecule has 5 nitrogen and oxygen atoms in total. The van der Waals surface area contributed by atoms with Gasteiger partial charge in [-0.25, -0.2) is 10.8 Å². The van der Waals surface area contributed by atoms with Crippen molar-refractivity contribution in [1.29, 1.82) is 0 Å². The summed E-state index contributed by atoms with van der Waals surface area (Å²) in [5.41, 5.74) is 4.51. The minimum absolute atomic E-state index is 0.509. The van der Waals surface area contributed by atoms with Crippen LogP contribution < -0.4 is 16.0 Å². The van der Waals surface area contributed by atoms with Gasteiger partial charge in [-0.05, 0) is 47.5 Å². The summed E-state index contributed by atoms with van der Waals surface area (Å²) in [7, 11) is 0. The molecule has 3 N–H and O–H groups in total. The second-order valence-corrected chi connectivity index (χ2v) is 5.31. The van der Waals surface area contributed by atoms with E-state index in [4.69, 9.17) is 10.6 Å². The second kappa shape index (κ2) is 6.19. The Morgan fingerprint density at radius 1 is 1.30 bits per heavy atom. The van der Waals surface area contributed by atoms with E-state index in [0.29, 0.717) is 29.7 Å². The smallest absolute Gasteiger partial charge is 0.227 e. The Bertz CT molecular complexity index is 631. The van der Waals surface area contributed by atoms with Gasteiger partial charge >= 0.3 is 0 Å². The molecule has 0 unspecified atom stereocenters. The molecule has 0 fully saturated rings. The van der Waals surface area contributed by atoms with Gasteiger partial charge in [-0.3, -0.25) is 0 Å². The number of aromatic nitrogens is 2. The van der Waals surface area contributed by atoms with Gasteiger partial charge in [-0.1, -0.05) is 13.0 Å². The van der Waals surface area contributed by atoms with Gasteiger partial charge in [0, 0.05) is 6.42 Å². The lowest BCUT2D eigenvalue weighted by Crippen LogP contribution is -2.13. The maximum atomic E-state index is 5.89. The molecule has 0 atom stereocenters. The van der Waals surface area contributed by atoms with E-state index in [1.165, 1.54) is 0 Å². The highest BCUT2D eigenvalue weighted by atomic mass is 79.9. The minimum atomic E-state index is 0.509. The monoisotopic (exact) mass is 336 g/mol. The van der Waals surface area contributed by atoms with E-state index in [1.54, 1.807) is 0 Å². The number of benzene rings is 1. The molecule has 0 spiro atoms. The van der Waals surface area contributed by atoms with Crippen molar-refractivity contribution < 1.29 is 4.74 Å². The van der Waals surface area contributed by atoms with Gasteiger partial charge in [-0.2, -0.15) is 4.98 Å². The normalized spacial score (nSPS) is 10.4. The highest BCUT2D eigenvalue weighted by Gasteiger charge is 2.13. The van der Waals surface area contributed by atoms with Crippen molar-refractivity contribution in [3.8, 4) is 11.6 Å². The maximum absolute atomic E-state index is 5.89. The zero-order chi connectivity index (χ0) is 14.7. The van der Waals surface area contributed by atoms with Gasteiger partial charge < -0.3 is 10.2 Å². The number of hydrogen-bond donors (Lipinski definition) is 2. The molecule has 0 amide bonds. The number of aryl methyl sites for hydroxylation is 2. The molecule has 0 bridgehead atoms. The first-order valence-electron chi connectivity index (χ1n) is 6.33. The predicted molar refractivity (Wildman–Crippen MR) is 82.9 cm³/mol. The molecular formula is C14H17BrN4O. The van der Waals surface area contributed by atoms with E-state index in [1.807, 2.05) is 39.0 Å². The lowest BCUT2D eigenvalue weighted by atomic mass is 10.2. The Labute approximate surface area is 126 Å². The second-order valence-electron chi connectivity index (χ2n) is 4.45. The summed E-state index contributed by atoms with van der Waals surface area (Å²) in [5, 5.41) is 0. The van der Waals surface area contributed by atoms with Crippen LogP contribution in [0.1, 0.15) is 23.9 Å². The maximum Gasteiger partial charge on any atom is 0.227 e. The summed E-state index contributed by atoms with van der Waals surface area (Å²) >= 11 is 3.49. The number of nitrogens with one attached hydrogen (secondary N) is 1. The van der Waals surface area contributed by atoms with E-state index in [0.717, 1.165) is 15.6 Å². The van der Waals surface area contributed by atoms with E-state index in [2.05, 4.69) is 31.3 Å². The van der Waals surface area contributed by atoms with Crippen LogP contribution >= 0.6 is 15.9 Å². The van der Waals surface area contributed by atoms with E-state index >= 15 is 0 Å². The molecule has 0 radical (unpaired) electrons. The average molecular weight is 337 g/mol. The van der Waals surface area contributed by atoms with Crippen molar-refractivity contribution in [3.63, 3.8) is 0 Å². The summed E-state index contributed by atoms with van der Waals surface area (Å²) in [5.74, 6) is 7.96. The Balaban J connectivity index is 2.42. The van der Waals surface area contributed by atoms with Gasteiger partial charge in [0.15, 0.2) is 0 Å². The quantitative estimate of drug-likeness (QED) is 0.660. The minimum Gasteiger partial charge on any atom is -0.437 e. The van der Waals surface area contributed by atoms with E-state index < -0.39 is 0 Å². The molecule has 6 heteroatoms. The average Bonchev–Trinajstić information content (AvgIpc) is 2.43. The predicted octanol–water partition coefficient (Wildman–Crippen LogP) is 3.50. The number of ether oxygens (including phenoxy) is 1. The molecule has 0 aliphatic heterocycles. The summed E-state index contributed by atoms with van der Waals surface area (Å²) in [6.45, 7) is 5.87. The summed E-state index contributed by atoms with van der Waals surface area (Å²) < 4.78 is 6.77. The first-order valence-corrected chi connectivity index (χ1v) is 7.12. The van der Waals surface area contributed by atoms with Gasteiger partial charge in [-0.15, -0.1) is 0 Å². The van der Waals surface area contributed by atoms with Crippen LogP contribution in [0, 0.1) is 13.8 Å². The molecule has 1 aromatic carbocycles. The number of halogens is 1. The highest BCUT2D eigenvalue weighted by molar-refractivity contribution is 9.10. The molecule has 106 valence electrons. The van der Waals surface area contributed by atoms with Gasteiger partial charge in [0.25, 0.3) is 0 Å². The first-order chi connectivity index (χ1) is 9.55. The summed E-state index contributed by atoms with van der Waals surface area (Å²) in [6.07, 6.45) is 0.709. The Hall–Kier alpha value is -1.66. The van der Waals surface area contributed by atoms with Crippen molar-refractivity contribution in [3.05, 3.63) is 39.6 Å². The van der Waals surface area contributed by atoms with Crippen molar-refractivity contribution >= 4 is 21.7 Å². The third-order valence-corrected chi connectivity index (χ3v) is 3.51. The topological polar surface area (TPSA) is 73.1 Å². The van der Waals surface area contributed by atoms with E-state index in [9.17, 15) is 0 Å². The number of nitrogens with zero attached hydrogens (tertiary/aromatic N) is 2. The summed E-state index contributed by atoms with van der Waals surface area (Å²) in [4.78, 5) is 8.72. The molecule has 0 saturated carbocycles. The van der Waals surface area contributed by atoms with Crippen LogP contribution in [-0.2, 0) is 6.42 Å². The fourth-order valence-electron chi connectivity index (χ4n) is 1.73. The third-order valence-electron chi connectivity index (χ3n) is 2.89. The Kier molecular flexibility index (Phi) is 4.57. The van der Waals surface area contributed by atoms with Crippen LogP contribution in [-0.4, -0.2) is 9.97 Å². The van der Waals surface area contributed by atoms with Crippen LogP contribution in [0.3, 0.4) is 0 Å². The summed E-state index contributed by atoms with van der Waals surface area (Å²) in [6, 6.07) is 5.89. The molecule has 2 aromatic rings. The lowest BCUT2D eigenvalue weighted by molar-refractivity contribution is 0.452. The van der Waals surface area contributed by atoms with Crippen LogP contribution in [0.2, 0.25) is 0 Å². The van der Waals surface area contributed by atoms with Crippen molar-refractivity contribution in [2.45, 2.75) is 27.2 Å². The molecule has 1 aromatic heterocycles. The van der Waals surface area contributed by atoms with Gasteiger partial charge in [0.05, 0.1) is 10.0 Å².